The highest BCUT2D eigenvalue weighted by Crippen LogP contribution is 1.89. The van der Waals surface area contributed by atoms with Crippen LogP contribution in [0.4, 0.5) is 0 Å². The van der Waals surface area contributed by atoms with E-state index in [1.807, 2.05) is 0 Å². The van der Waals surface area contributed by atoms with E-state index in [9.17, 15) is 4.79 Å². The Morgan fingerprint density at radius 2 is 2.50 bits per heavy atom. The average molecular weight is 149 g/mol. The Kier molecular flexibility index (Phi) is 4.15. The van der Waals surface area contributed by atoms with Crippen LogP contribution in [0.3, 0.4) is 0 Å². The highest BCUT2D eigenvalue weighted by molar-refractivity contribution is 7.79. The fraction of sp³-hybridized carbons (Fsp3) is 0.500. The van der Waals surface area contributed by atoms with E-state index >= 15 is 0 Å². The Balaban J connectivity index is 3.69. The first-order chi connectivity index (χ1) is 3.72. The van der Waals surface area contributed by atoms with Crippen LogP contribution < -0.4 is 5.32 Å². The number of carbonyl (C=O) groups excluding carboxylic acids is 1. The number of likely N-dealkylation sites (N-methyl/N-ethyl adjacent to an activating group) is 1. The number of thiocarbonyl (C=S) groups is 1. The summed E-state index contributed by atoms with van der Waals surface area (Å²) < 4.78 is 0. The average Bonchev–Trinajstić information content (AvgIpc) is 1.69. The van der Waals surface area contributed by atoms with Crippen LogP contribution in [0.1, 0.15) is 0 Å². The van der Waals surface area contributed by atoms with E-state index in [0.29, 0.717) is 0 Å². The minimum atomic E-state index is -0.282. The van der Waals surface area contributed by atoms with Gasteiger partial charge in [-0.05, 0) is 7.05 Å². The SMILES string of the molecule is CN[C@@H](C=S)C(=O)P. The van der Waals surface area contributed by atoms with Gasteiger partial charge in [-0.15, -0.1) is 0 Å². The van der Waals surface area contributed by atoms with Gasteiger partial charge in [0.1, 0.15) is 0 Å². The van der Waals surface area contributed by atoms with Gasteiger partial charge in [-0.2, -0.15) is 0 Å². The van der Waals surface area contributed by atoms with Gasteiger partial charge in [0.2, 0.25) is 0 Å². The summed E-state index contributed by atoms with van der Waals surface area (Å²) in [5, 5.41) is 4.12. The largest absolute Gasteiger partial charge is 0.306 e. The molecule has 0 aromatic carbocycles. The molecule has 0 amide bonds. The maximum absolute atomic E-state index is 10.4. The summed E-state index contributed by atoms with van der Waals surface area (Å²) in [6.45, 7) is 0. The van der Waals surface area contributed by atoms with E-state index in [4.69, 9.17) is 0 Å². The second-order valence-corrected chi connectivity index (χ2v) is 2.15. The molecule has 0 heterocycles. The molecule has 8 heavy (non-hydrogen) atoms. The van der Waals surface area contributed by atoms with Crippen molar-refractivity contribution < 1.29 is 4.79 Å². The molecule has 4 heteroatoms. The van der Waals surface area contributed by atoms with Gasteiger partial charge in [-0.3, -0.25) is 4.79 Å². The molecule has 1 unspecified atom stereocenters. The smallest absolute Gasteiger partial charge is 0.169 e. The van der Waals surface area contributed by atoms with Crippen LogP contribution in [-0.4, -0.2) is 24.0 Å². The number of rotatable bonds is 3. The molecule has 0 aliphatic heterocycles. The molecule has 0 aromatic heterocycles. The molecule has 0 aliphatic carbocycles. The van der Waals surface area contributed by atoms with Crippen molar-refractivity contribution in [2.45, 2.75) is 6.04 Å². The lowest BCUT2D eigenvalue weighted by molar-refractivity contribution is -0.111. The predicted molar refractivity (Wildman–Crippen MR) is 41.2 cm³/mol. The van der Waals surface area contributed by atoms with Crippen molar-refractivity contribution in [1.82, 2.24) is 5.32 Å². The lowest BCUT2D eigenvalue weighted by Gasteiger charge is -2.02. The second-order valence-electron chi connectivity index (χ2n) is 1.30. The summed E-state index contributed by atoms with van der Waals surface area (Å²) in [7, 11) is 3.75. The Morgan fingerprint density at radius 3 is 2.50 bits per heavy atom. The van der Waals surface area contributed by atoms with Crippen LogP contribution in [-0.2, 0) is 4.79 Å². The maximum Gasteiger partial charge on any atom is 0.169 e. The van der Waals surface area contributed by atoms with E-state index in [1.165, 1.54) is 5.37 Å². The standard InChI is InChI=1S/C4H8NOPS/c1-5-3(2-8)4(6)7/h2-3,5H,7H2,1H3/t3-/m0/s1. The van der Waals surface area contributed by atoms with Crippen LogP contribution in [0.15, 0.2) is 0 Å². The zero-order valence-corrected chi connectivity index (χ0v) is 6.52. The van der Waals surface area contributed by atoms with E-state index in [2.05, 4.69) is 26.8 Å². The molecule has 0 spiro atoms. The minimum absolute atomic E-state index is 0.0255. The van der Waals surface area contributed by atoms with Gasteiger partial charge >= 0.3 is 0 Å². The minimum Gasteiger partial charge on any atom is -0.306 e. The number of carbonyl (C=O) groups is 1. The van der Waals surface area contributed by atoms with E-state index < -0.39 is 0 Å². The first-order valence-corrected chi connectivity index (χ1v) is 3.19. The third-order valence-electron chi connectivity index (χ3n) is 0.754. The highest BCUT2D eigenvalue weighted by Gasteiger charge is 2.04. The van der Waals surface area contributed by atoms with Crippen LogP contribution in [0.25, 0.3) is 0 Å². The second kappa shape index (κ2) is 4.07. The lowest BCUT2D eigenvalue weighted by atomic mass is 10.4. The van der Waals surface area contributed by atoms with Crippen molar-refractivity contribution in [1.29, 1.82) is 0 Å². The molecule has 0 bridgehead atoms. The molecule has 2 nitrogen and oxygen atoms in total. The Hall–Kier alpha value is 0.150. The van der Waals surface area contributed by atoms with Gasteiger partial charge in [-0.1, -0.05) is 21.5 Å². The molecular formula is C4H8NOPS. The van der Waals surface area contributed by atoms with Gasteiger partial charge < -0.3 is 5.32 Å². The molecule has 0 radical (unpaired) electrons. The van der Waals surface area contributed by atoms with Crippen LogP contribution in [0, 0.1) is 0 Å². The summed E-state index contributed by atoms with van der Waals surface area (Å²) in [5.74, 6) is 0. The predicted octanol–water partition coefficient (Wildman–Crippen LogP) is -0.0242. The van der Waals surface area contributed by atoms with Crippen molar-refractivity contribution in [3.63, 3.8) is 0 Å². The topological polar surface area (TPSA) is 29.1 Å². The summed E-state index contributed by atoms with van der Waals surface area (Å²) in [6.07, 6.45) is 0. The molecule has 0 saturated carbocycles. The molecule has 0 fully saturated rings. The highest BCUT2D eigenvalue weighted by atomic mass is 32.1. The molecular weight excluding hydrogens is 141 g/mol. The van der Waals surface area contributed by atoms with Gasteiger partial charge in [-0.25, -0.2) is 0 Å². The third-order valence-corrected chi connectivity index (χ3v) is 1.38. The number of nitrogens with one attached hydrogen (secondary N) is 1. The van der Waals surface area contributed by atoms with Gasteiger partial charge in [0.25, 0.3) is 0 Å². The first-order valence-electron chi connectivity index (χ1n) is 2.14. The Labute approximate surface area is 56.2 Å². The van der Waals surface area contributed by atoms with Gasteiger partial charge in [0.05, 0.1) is 6.04 Å². The van der Waals surface area contributed by atoms with E-state index in [0.717, 1.165) is 0 Å². The van der Waals surface area contributed by atoms with E-state index in [1.54, 1.807) is 7.05 Å². The fourth-order valence-corrected chi connectivity index (χ4v) is 0.950. The Bertz CT molecular complexity index is 106. The van der Waals surface area contributed by atoms with Crippen molar-refractivity contribution >= 4 is 32.3 Å². The van der Waals surface area contributed by atoms with Crippen LogP contribution in [0.5, 0.6) is 0 Å². The molecule has 0 saturated heterocycles. The van der Waals surface area contributed by atoms with E-state index in [-0.39, 0.29) is 11.6 Å². The summed E-state index contributed by atoms with van der Waals surface area (Å²) in [4.78, 5) is 10.4. The number of hydrogen-bond acceptors (Lipinski definition) is 3. The molecule has 0 aliphatic rings. The quantitative estimate of drug-likeness (QED) is 0.451. The summed E-state index contributed by atoms with van der Waals surface area (Å²) >= 11 is 4.53. The first kappa shape index (κ1) is 8.15. The number of hydrogen-bond donors (Lipinski definition) is 1. The lowest BCUT2D eigenvalue weighted by Crippen LogP contribution is -2.31. The zero-order chi connectivity index (χ0) is 6.57. The van der Waals surface area contributed by atoms with Crippen molar-refractivity contribution in [3.8, 4) is 0 Å². The fourth-order valence-electron chi connectivity index (χ4n) is 0.277. The molecule has 0 rings (SSSR count). The van der Waals surface area contributed by atoms with Crippen LogP contribution >= 0.6 is 21.5 Å². The summed E-state index contributed by atoms with van der Waals surface area (Å²) in [5.41, 5.74) is -0.0255. The normalized spacial score (nSPS) is 12.8. The Morgan fingerprint density at radius 1 is 2.00 bits per heavy atom. The molecule has 2 atom stereocenters. The summed E-state index contributed by atoms with van der Waals surface area (Å²) in [6, 6.07) is -0.282. The van der Waals surface area contributed by atoms with Crippen LogP contribution in [0.2, 0.25) is 0 Å². The monoisotopic (exact) mass is 149 g/mol. The maximum atomic E-state index is 10.4. The molecule has 1 N–H and O–H groups in total. The van der Waals surface area contributed by atoms with Crippen molar-refractivity contribution in [2.24, 2.45) is 0 Å². The van der Waals surface area contributed by atoms with Crippen molar-refractivity contribution in [3.05, 3.63) is 0 Å². The van der Waals surface area contributed by atoms with Crippen molar-refractivity contribution in [2.75, 3.05) is 7.05 Å². The van der Waals surface area contributed by atoms with Gasteiger partial charge in [0.15, 0.2) is 5.52 Å². The zero-order valence-electron chi connectivity index (χ0n) is 4.55. The molecule has 46 valence electrons. The van der Waals surface area contributed by atoms with Gasteiger partial charge in [0, 0.05) is 5.37 Å². The molecule has 0 aromatic rings. The third kappa shape index (κ3) is 2.46.